The van der Waals surface area contributed by atoms with Gasteiger partial charge in [-0.3, -0.25) is 15.0 Å². The van der Waals surface area contributed by atoms with Crippen LogP contribution < -0.4 is 10.6 Å². The molecule has 2 saturated heterocycles. The van der Waals surface area contributed by atoms with Gasteiger partial charge < -0.3 is 5.32 Å². The molecular weight excluding hydrogens is 254 g/mol. The van der Waals surface area contributed by atoms with Crippen molar-refractivity contribution in [1.82, 2.24) is 20.2 Å². The topological polar surface area (TPSA) is 70.2 Å². The van der Waals surface area contributed by atoms with Crippen LogP contribution in [0, 0.1) is 0 Å². The molecule has 0 saturated carbocycles. The lowest BCUT2D eigenvalue weighted by Gasteiger charge is -2.35. The molecule has 2 atom stereocenters. The van der Waals surface area contributed by atoms with E-state index >= 15 is 0 Å². The Bertz CT molecular complexity index is 454. The van der Waals surface area contributed by atoms with E-state index in [0.29, 0.717) is 30.6 Å². The number of carbonyl (C=O) groups is 1. The number of likely N-dealkylation sites (N-methyl/N-ethyl adjacent to an activating group) is 1. The summed E-state index contributed by atoms with van der Waals surface area (Å²) in [6.07, 6.45) is 8.08. The number of nitrogens with one attached hydrogen (secondary N) is 2. The summed E-state index contributed by atoms with van der Waals surface area (Å²) in [6, 6.07) is 3.51. The third-order valence-electron chi connectivity index (χ3n) is 4.28. The van der Waals surface area contributed by atoms with Gasteiger partial charge in [-0.15, -0.1) is 0 Å². The molecule has 0 aromatic carbocycles. The quantitative estimate of drug-likeness (QED) is 0.843. The second-order valence-corrected chi connectivity index (χ2v) is 5.80. The second kappa shape index (κ2) is 5.85. The first kappa shape index (κ1) is 13.5. The zero-order chi connectivity index (χ0) is 13.9. The lowest BCUT2D eigenvalue weighted by atomic mass is 9.98. The van der Waals surface area contributed by atoms with Crippen LogP contribution in [0.15, 0.2) is 18.5 Å². The molecular formula is C14H21N5O. The third-order valence-corrected chi connectivity index (χ3v) is 4.28. The molecule has 0 radical (unpaired) electrons. The number of hydrogen-bond donors (Lipinski definition) is 2. The van der Waals surface area contributed by atoms with E-state index in [0.717, 1.165) is 12.8 Å². The normalized spacial score (nSPS) is 28.6. The molecule has 2 aliphatic rings. The van der Waals surface area contributed by atoms with Gasteiger partial charge in [0.15, 0.2) is 0 Å². The van der Waals surface area contributed by atoms with E-state index in [9.17, 15) is 4.79 Å². The van der Waals surface area contributed by atoms with Crippen molar-refractivity contribution in [2.75, 3.05) is 18.9 Å². The monoisotopic (exact) mass is 275 g/mol. The van der Waals surface area contributed by atoms with Gasteiger partial charge in [-0.1, -0.05) is 0 Å². The minimum atomic E-state index is -0.0513. The molecule has 1 aromatic rings. The summed E-state index contributed by atoms with van der Waals surface area (Å²) in [5.74, 6) is 0.320. The summed E-state index contributed by atoms with van der Waals surface area (Å²) in [5, 5.41) is 6.35. The van der Waals surface area contributed by atoms with E-state index in [1.54, 1.807) is 18.5 Å². The number of aromatic nitrogens is 2. The molecule has 2 fully saturated rings. The molecule has 2 N–H and O–H groups in total. The molecule has 20 heavy (non-hydrogen) atoms. The Morgan fingerprint density at radius 2 is 2.00 bits per heavy atom. The lowest BCUT2D eigenvalue weighted by Crippen LogP contribution is -2.48. The van der Waals surface area contributed by atoms with Crippen molar-refractivity contribution in [3.63, 3.8) is 0 Å². The molecule has 3 rings (SSSR count). The van der Waals surface area contributed by atoms with Crippen molar-refractivity contribution in [2.45, 2.75) is 43.8 Å². The number of amides is 1. The summed E-state index contributed by atoms with van der Waals surface area (Å²) < 4.78 is 0. The Labute approximate surface area is 119 Å². The van der Waals surface area contributed by atoms with Crippen LogP contribution in [0.1, 0.15) is 25.7 Å². The molecule has 2 bridgehead atoms. The smallest absolute Gasteiger partial charge is 0.240 e. The highest BCUT2D eigenvalue weighted by Crippen LogP contribution is 2.29. The van der Waals surface area contributed by atoms with Crippen LogP contribution in [0.2, 0.25) is 0 Å². The van der Waals surface area contributed by atoms with Gasteiger partial charge in [0.2, 0.25) is 11.9 Å². The van der Waals surface area contributed by atoms with Gasteiger partial charge in [-0.05, 0) is 38.8 Å². The van der Waals surface area contributed by atoms with Crippen LogP contribution in [0.25, 0.3) is 0 Å². The van der Waals surface area contributed by atoms with Gasteiger partial charge in [0.05, 0.1) is 6.54 Å². The highest BCUT2D eigenvalue weighted by molar-refractivity contribution is 5.90. The van der Waals surface area contributed by atoms with Crippen LogP contribution in [0.3, 0.4) is 0 Å². The number of carbonyl (C=O) groups excluding carboxylic acids is 1. The highest BCUT2D eigenvalue weighted by atomic mass is 16.2. The van der Waals surface area contributed by atoms with Crippen molar-refractivity contribution < 1.29 is 4.79 Å². The second-order valence-electron chi connectivity index (χ2n) is 5.80. The molecule has 0 spiro atoms. The molecule has 1 aromatic heterocycles. The van der Waals surface area contributed by atoms with E-state index in [1.807, 2.05) is 7.05 Å². The Balaban J connectivity index is 1.51. The average Bonchev–Trinajstić information content (AvgIpc) is 2.78. The number of fused-ring (bicyclic) bond motifs is 2. The van der Waals surface area contributed by atoms with Gasteiger partial charge in [-0.25, -0.2) is 9.97 Å². The van der Waals surface area contributed by atoms with Gasteiger partial charge in [-0.2, -0.15) is 0 Å². The molecule has 6 nitrogen and oxygen atoms in total. The van der Waals surface area contributed by atoms with E-state index in [1.165, 1.54) is 12.8 Å². The fraction of sp³-hybridized carbons (Fsp3) is 0.643. The highest BCUT2D eigenvalue weighted by Gasteiger charge is 2.35. The fourth-order valence-corrected chi connectivity index (χ4v) is 3.27. The molecule has 2 aliphatic heterocycles. The summed E-state index contributed by atoms with van der Waals surface area (Å²) in [4.78, 5) is 22.2. The predicted molar refractivity (Wildman–Crippen MR) is 76.3 cm³/mol. The van der Waals surface area contributed by atoms with Crippen molar-refractivity contribution in [3.8, 4) is 0 Å². The maximum absolute atomic E-state index is 12.0. The summed E-state index contributed by atoms with van der Waals surface area (Å²) in [7, 11) is 2.03. The van der Waals surface area contributed by atoms with Crippen LogP contribution in [-0.4, -0.2) is 52.5 Å². The molecule has 2 unspecified atom stereocenters. The summed E-state index contributed by atoms with van der Waals surface area (Å²) >= 11 is 0. The standard InChI is InChI=1S/C14H21N5O/c1-19(12-7-10-3-4-11(8-12)17-10)9-13(20)18-14-15-5-2-6-16-14/h2,5-6,10-12,17H,3-4,7-9H2,1H3,(H,15,16,18,20). The number of hydrogen-bond acceptors (Lipinski definition) is 5. The van der Waals surface area contributed by atoms with Gasteiger partial charge in [0.25, 0.3) is 0 Å². The van der Waals surface area contributed by atoms with Crippen LogP contribution in [0.4, 0.5) is 5.95 Å². The van der Waals surface area contributed by atoms with Crippen LogP contribution in [-0.2, 0) is 4.79 Å². The van der Waals surface area contributed by atoms with Crippen molar-refractivity contribution in [3.05, 3.63) is 18.5 Å². The first-order valence-corrected chi connectivity index (χ1v) is 7.24. The molecule has 3 heterocycles. The van der Waals surface area contributed by atoms with E-state index in [2.05, 4.69) is 25.5 Å². The van der Waals surface area contributed by atoms with Gasteiger partial charge in [0, 0.05) is 30.5 Å². The first-order chi connectivity index (χ1) is 9.70. The summed E-state index contributed by atoms with van der Waals surface area (Å²) in [5.41, 5.74) is 0. The zero-order valence-electron chi connectivity index (χ0n) is 11.7. The number of piperidine rings is 1. The van der Waals surface area contributed by atoms with E-state index in [-0.39, 0.29) is 5.91 Å². The van der Waals surface area contributed by atoms with Crippen molar-refractivity contribution >= 4 is 11.9 Å². The molecule has 6 heteroatoms. The Morgan fingerprint density at radius 1 is 1.35 bits per heavy atom. The predicted octanol–water partition coefficient (Wildman–Crippen LogP) is 0.630. The minimum Gasteiger partial charge on any atom is -0.311 e. The molecule has 1 amide bonds. The van der Waals surface area contributed by atoms with Crippen molar-refractivity contribution in [2.24, 2.45) is 0 Å². The Kier molecular flexibility index (Phi) is 3.93. The lowest BCUT2D eigenvalue weighted by molar-refractivity contribution is -0.117. The van der Waals surface area contributed by atoms with Crippen LogP contribution >= 0.6 is 0 Å². The minimum absolute atomic E-state index is 0.0513. The largest absolute Gasteiger partial charge is 0.311 e. The Morgan fingerprint density at radius 3 is 2.65 bits per heavy atom. The van der Waals surface area contributed by atoms with Crippen LogP contribution in [0.5, 0.6) is 0 Å². The maximum Gasteiger partial charge on any atom is 0.240 e. The first-order valence-electron chi connectivity index (χ1n) is 7.24. The number of anilines is 1. The van der Waals surface area contributed by atoms with E-state index < -0.39 is 0 Å². The molecule has 0 aliphatic carbocycles. The zero-order valence-corrected chi connectivity index (χ0v) is 11.7. The van der Waals surface area contributed by atoms with Crippen molar-refractivity contribution in [1.29, 1.82) is 0 Å². The number of rotatable bonds is 4. The van der Waals surface area contributed by atoms with Gasteiger partial charge in [0.1, 0.15) is 0 Å². The van der Waals surface area contributed by atoms with Gasteiger partial charge >= 0.3 is 0 Å². The Hall–Kier alpha value is -1.53. The third kappa shape index (κ3) is 3.13. The number of nitrogens with zero attached hydrogens (tertiary/aromatic N) is 3. The fourth-order valence-electron chi connectivity index (χ4n) is 3.27. The summed E-state index contributed by atoms with van der Waals surface area (Å²) in [6.45, 7) is 0.391. The average molecular weight is 275 g/mol. The van der Waals surface area contributed by atoms with E-state index in [4.69, 9.17) is 0 Å². The molecule has 108 valence electrons. The maximum atomic E-state index is 12.0. The SMILES string of the molecule is CN(CC(=O)Nc1ncccn1)C1CC2CCC(C1)N2.